The Bertz CT molecular complexity index is 882. The Morgan fingerprint density at radius 2 is 2.12 bits per heavy atom. The van der Waals surface area contributed by atoms with Crippen LogP contribution in [0.4, 0.5) is 0 Å². The lowest BCUT2D eigenvalue weighted by Gasteiger charge is -2.11. The predicted molar refractivity (Wildman–Crippen MR) is 95.5 cm³/mol. The van der Waals surface area contributed by atoms with Crippen LogP contribution < -0.4 is 0 Å². The molecule has 2 aromatic heterocycles. The second kappa shape index (κ2) is 6.43. The Kier molecular flexibility index (Phi) is 4.14. The second-order valence-corrected chi connectivity index (χ2v) is 7.54. The number of H-pyrrole nitrogens is 1. The van der Waals surface area contributed by atoms with Gasteiger partial charge in [-0.15, -0.1) is 10.2 Å². The Labute approximate surface area is 144 Å². The number of aromatic amines is 1. The number of hydrogen-bond acceptors (Lipinski definition) is 4. The minimum atomic E-state index is -0.194. The second-order valence-electron chi connectivity index (χ2n) is 6.23. The van der Waals surface area contributed by atoms with E-state index in [9.17, 15) is 4.79 Å². The van der Waals surface area contributed by atoms with Crippen LogP contribution in [0, 0.1) is 0 Å². The van der Waals surface area contributed by atoms with Crippen LogP contribution >= 0.6 is 11.8 Å². The Morgan fingerprint density at radius 1 is 1.25 bits per heavy atom. The van der Waals surface area contributed by atoms with Gasteiger partial charge >= 0.3 is 0 Å². The van der Waals surface area contributed by atoms with Crippen molar-refractivity contribution in [2.75, 3.05) is 0 Å². The number of fused-ring (bicyclic) bond motifs is 2. The zero-order valence-electron chi connectivity index (χ0n) is 13.7. The summed E-state index contributed by atoms with van der Waals surface area (Å²) in [5, 5.41) is 10.3. The number of ketones is 1. The summed E-state index contributed by atoms with van der Waals surface area (Å²) in [5.74, 6) is 1.19. The molecule has 24 heavy (non-hydrogen) atoms. The summed E-state index contributed by atoms with van der Waals surface area (Å²) in [6, 6.07) is 7.90. The highest BCUT2D eigenvalue weighted by Gasteiger charge is 2.23. The molecule has 1 atom stereocenters. The first-order valence-electron chi connectivity index (χ1n) is 8.43. The van der Waals surface area contributed by atoms with E-state index in [1.165, 1.54) is 24.6 Å². The maximum Gasteiger partial charge on any atom is 0.191 e. The standard InChI is InChI=1S/C18H20N4OS/c1-12(17(23)14-11-19-15-8-5-4-7-13(14)15)24-18-21-20-16-9-3-2-6-10-22(16)18/h4-5,7-8,11-12,19H,2-3,6,9-10H2,1H3. The highest BCUT2D eigenvalue weighted by molar-refractivity contribution is 8.00. The first-order chi connectivity index (χ1) is 11.7. The molecule has 4 rings (SSSR count). The minimum Gasteiger partial charge on any atom is -0.360 e. The van der Waals surface area contributed by atoms with Crippen molar-refractivity contribution in [1.29, 1.82) is 0 Å². The molecule has 6 heteroatoms. The maximum absolute atomic E-state index is 12.9. The van der Waals surface area contributed by atoms with Crippen LogP contribution in [0.2, 0.25) is 0 Å². The van der Waals surface area contributed by atoms with Crippen LogP contribution in [0.15, 0.2) is 35.6 Å². The molecule has 0 amide bonds. The van der Waals surface area contributed by atoms with Gasteiger partial charge < -0.3 is 9.55 Å². The summed E-state index contributed by atoms with van der Waals surface area (Å²) >= 11 is 1.51. The van der Waals surface area contributed by atoms with E-state index in [2.05, 4.69) is 19.7 Å². The molecule has 0 aliphatic carbocycles. The first kappa shape index (κ1) is 15.4. The van der Waals surface area contributed by atoms with Crippen LogP contribution in [0.25, 0.3) is 10.9 Å². The van der Waals surface area contributed by atoms with E-state index in [1.54, 1.807) is 0 Å². The number of thioether (sulfide) groups is 1. The van der Waals surface area contributed by atoms with Crippen molar-refractivity contribution in [3.05, 3.63) is 41.9 Å². The number of nitrogens with one attached hydrogen (secondary N) is 1. The number of aryl methyl sites for hydroxylation is 1. The van der Waals surface area contributed by atoms with E-state index in [0.717, 1.165) is 46.8 Å². The van der Waals surface area contributed by atoms with Crippen LogP contribution in [0.3, 0.4) is 0 Å². The van der Waals surface area contributed by atoms with Crippen molar-refractivity contribution in [2.45, 2.75) is 49.6 Å². The molecule has 0 radical (unpaired) electrons. The maximum atomic E-state index is 12.9. The minimum absolute atomic E-state index is 0.128. The largest absolute Gasteiger partial charge is 0.360 e. The molecule has 0 saturated heterocycles. The average molecular weight is 340 g/mol. The lowest BCUT2D eigenvalue weighted by molar-refractivity contribution is 0.0995. The third-order valence-electron chi connectivity index (χ3n) is 4.58. The third-order valence-corrected chi connectivity index (χ3v) is 5.66. The van der Waals surface area contributed by atoms with E-state index in [4.69, 9.17) is 0 Å². The summed E-state index contributed by atoms with van der Waals surface area (Å²) < 4.78 is 2.19. The quantitative estimate of drug-likeness (QED) is 0.579. The van der Waals surface area contributed by atoms with Crippen LogP contribution in [-0.2, 0) is 13.0 Å². The van der Waals surface area contributed by atoms with Gasteiger partial charge in [0.15, 0.2) is 10.9 Å². The fourth-order valence-electron chi connectivity index (χ4n) is 3.25. The topological polar surface area (TPSA) is 63.6 Å². The van der Waals surface area contributed by atoms with Gasteiger partial charge in [0.25, 0.3) is 0 Å². The van der Waals surface area contributed by atoms with E-state index in [-0.39, 0.29) is 11.0 Å². The van der Waals surface area contributed by atoms with Gasteiger partial charge in [0.05, 0.1) is 5.25 Å². The van der Waals surface area contributed by atoms with Crippen LogP contribution in [0.1, 0.15) is 42.4 Å². The molecule has 3 heterocycles. The van der Waals surface area contributed by atoms with Gasteiger partial charge in [-0.3, -0.25) is 4.79 Å². The molecule has 3 aromatic rings. The average Bonchev–Trinajstić information content (AvgIpc) is 3.11. The Hall–Kier alpha value is -2.08. The number of para-hydroxylation sites is 1. The first-order valence-corrected chi connectivity index (χ1v) is 9.31. The van der Waals surface area contributed by atoms with E-state index >= 15 is 0 Å². The predicted octanol–water partition coefficient (Wildman–Crippen LogP) is 3.85. The number of rotatable bonds is 4. The summed E-state index contributed by atoms with van der Waals surface area (Å²) in [7, 11) is 0. The van der Waals surface area contributed by atoms with Crippen molar-refractivity contribution in [3.63, 3.8) is 0 Å². The summed E-state index contributed by atoms with van der Waals surface area (Å²) in [6.07, 6.45) is 6.36. The molecule has 5 nitrogen and oxygen atoms in total. The summed E-state index contributed by atoms with van der Waals surface area (Å²) in [6.45, 7) is 2.91. The van der Waals surface area contributed by atoms with Crippen LogP contribution in [-0.4, -0.2) is 30.8 Å². The van der Waals surface area contributed by atoms with Crippen molar-refractivity contribution in [2.24, 2.45) is 0 Å². The molecule has 1 aromatic carbocycles. The molecular formula is C18H20N4OS. The molecule has 0 fully saturated rings. The Balaban J connectivity index is 1.57. The molecule has 124 valence electrons. The summed E-state index contributed by atoms with van der Waals surface area (Å²) in [5.41, 5.74) is 1.75. The van der Waals surface area contributed by atoms with Gasteiger partial charge in [-0.05, 0) is 25.8 Å². The smallest absolute Gasteiger partial charge is 0.191 e. The number of nitrogens with zero attached hydrogens (tertiary/aromatic N) is 3. The van der Waals surface area contributed by atoms with Gasteiger partial charge in [0.2, 0.25) is 0 Å². The normalized spacial score (nSPS) is 15.9. The number of carbonyl (C=O) groups is 1. The van der Waals surface area contributed by atoms with Gasteiger partial charge in [0.1, 0.15) is 5.82 Å². The fraction of sp³-hybridized carbons (Fsp3) is 0.389. The van der Waals surface area contributed by atoms with Gasteiger partial charge in [-0.1, -0.05) is 36.4 Å². The highest BCUT2D eigenvalue weighted by Crippen LogP contribution is 2.29. The molecular weight excluding hydrogens is 320 g/mol. The third kappa shape index (κ3) is 2.75. The Morgan fingerprint density at radius 3 is 3.04 bits per heavy atom. The lowest BCUT2D eigenvalue weighted by Crippen LogP contribution is -2.14. The fourth-order valence-corrected chi connectivity index (χ4v) is 4.21. The number of aromatic nitrogens is 4. The molecule has 1 unspecified atom stereocenters. The SMILES string of the molecule is CC(Sc1nnc2n1CCCCC2)C(=O)c1c[nH]c2ccccc12. The molecule has 1 N–H and O–H groups in total. The van der Waals surface area contributed by atoms with Crippen molar-refractivity contribution in [3.8, 4) is 0 Å². The monoisotopic (exact) mass is 340 g/mol. The lowest BCUT2D eigenvalue weighted by atomic mass is 10.1. The number of Topliss-reactive ketones (excluding diaryl/α,β-unsaturated/α-hetero) is 1. The van der Waals surface area contributed by atoms with E-state index in [1.807, 2.05) is 37.4 Å². The zero-order valence-corrected chi connectivity index (χ0v) is 14.5. The molecule has 1 aliphatic heterocycles. The molecule has 1 aliphatic rings. The summed E-state index contributed by atoms with van der Waals surface area (Å²) in [4.78, 5) is 16.1. The highest BCUT2D eigenvalue weighted by atomic mass is 32.2. The zero-order chi connectivity index (χ0) is 16.5. The number of carbonyl (C=O) groups excluding carboxylic acids is 1. The van der Waals surface area contributed by atoms with Crippen molar-refractivity contribution >= 4 is 28.4 Å². The van der Waals surface area contributed by atoms with Crippen LogP contribution in [0.5, 0.6) is 0 Å². The van der Waals surface area contributed by atoms with Crippen molar-refractivity contribution in [1.82, 2.24) is 19.7 Å². The van der Waals surface area contributed by atoms with Gasteiger partial charge in [0, 0.05) is 35.6 Å². The number of benzene rings is 1. The van der Waals surface area contributed by atoms with Gasteiger partial charge in [-0.2, -0.15) is 0 Å². The van der Waals surface area contributed by atoms with Gasteiger partial charge in [-0.25, -0.2) is 0 Å². The number of hydrogen-bond donors (Lipinski definition) is 1. The molecule has 0 saturated carbocycles. The van der Waals surface area contributed by atoms with E-state index in [0.29, 0.717) is 0 Å². The molecule has 0 spiro atoms. The van der Waals surface area contributed by atoms with E-state index < -0.39 is 0 Å². The van der Waals surface area contributed by atoms with Crippen molar-refractivity contribution < 1.29 is 4.79 Å². The molecule has 0 bridgehead atoms.